The quantitative estimate of drug-likeness (QED) is 0.887. The maximum Gasteiger partial charge on any atom is 0.229 e. The van der Waals surface area contributed by atoms with Crippen molar-refractivity contribution >= 4 is 34.8 Å². The summed E-state index contributed by atoms with van der Waals surface area (Å²) in [4.78, 5) is 15.9. The van der Waals surface area contributed by atoms with Crippen LogP contribution in [0.1, 0.15) is 23.7 Å². The van der Waals surface area contributed by atoms with Crippen molar-refractivity contribution in [3.05, 3.63) is 21.4 Å². The Labute approximate surface area is 107 Å². The first-order chi connectivity index (χ1) is 8.04. The van der Waals surface area contributed by atoms with Crippen LogP contribution in [-0.4, -0.2) is 19.9 Å². The number of aryl methyl sites for hydroxylation is 1. The van der Waals surface area contributed by atoms with Gasteiger partial charge in [0.25, 0.3) is 0 Å². The molecule has 0 aliphatic heterocycles. The third-order valence-electron chi connectivity index (χ3n) is 1.98. The third kappa shape index (κ3) is 3.01. The van der Waals surface area contributed by atoms with E-state index in [9.17, 15) is 0 Å². The van der Waals surface area contributed by atoms with Gasteiger partial charge in [0.1, 0.15) is 5.01 Å². The second-order valence-corrected chi connectivity index (χ2v) is 4.71. The van der Waals surface area contributed by atoms with E-state index >= 15 is 0 Å². The monoisotopic (exact) mass is 270 g/mol. The number of thiazole rings is 1. The standard InChI is InChI=1S/C9H11ClN6S/c1-4-3-17-6(12-4)5(2)13-9-15-7(10)14-8(11)16-9/h3,5H,1-2H3,(H3,11,13,14,15,16). The molecule has 0 spiro atoms. The van der Waals surface area contributed by atoms with E-state index in [4.69, 9.17) is 17.3 Å². The Kier molecular flexibility index (Phi) is 3.39. The molecule has 0 fully saturated rings. The van der Waals surface area contributed by atoms with Crippen LogP contribution in [0, 0.1) is 6.92 Å². The predicted molar refractivity (Wildman–Crippen MR) is 68.1 cm³/mol. The van der Waals surface area contributed by atoms with Crippen molar-refractivity contribution in [2.24, 2.45) is 0 Å². The van der Waals surface area contributed by atoms with Gasteiger partial charge in [-0.2, -0.15) is 15.0 Å². The van der Waals surface area contributed by atoms with Gasteiger partial charge in [-0.15, -0.1) is 11.3 Å². The van der Waals surface area contributed by atoms with Crippen molar-refractivity contribution in [1.29, 1.82) is 0 Å². The first kappa shape index (κ1) is 12.0. The average Bonchev–Trinajstić information content (AvgIpc) is 2.63. The Morgan fingerprint density at radius 3 is 2.71 bits per heavy atom. The van der Waals surface area contributed by atoms with E-state index in [1.165, 1.54) is 0 Å². The summed E-state index contributed by atoms with van der Waals surface area (Å²) in [5.74, 6) is 0.442. The first-order valence-electron chi connectivity index (χ1n) is 4.90. The second-order valence-electron chi connectivity index (χ2n) is 3.48. The van der Waals surface area contributed by atoms with E-state index in [1.54, 1.807) is 11.3 Å². The Hall–Kier alpha value is -1.47. The number of hydrogen-bond donors (Lipinski definition) is 2. The van der Waals surface area contributed by atoms with Crippen molar-refractivity contribution in [2.45, 2.75) is 19.9 Å². The zero-order valence-electron chi connectivity index (χ0n) is 9.31. The minimum Gasteiger partial charge on any atom is -0.368 e. The lowest BCUT2D eigenvalue weighted by Crippen LogP contribution is -2.11. The summed E-state index contributed by atoms with van der Waals surface area (Å²) in [5, 5.41) is 6.09. The molecular formula is C9H11ClN6S. The van der Waals surface area contributed by atoms with Crippen LogP contribution in [-0.2, 0) is 0 Å². The smallest absolute Gasteiger partial charge is 0.229 e. The van der Waals surface area contributed by atoms with Crippen molar-refractivity contribution < 1.29 is 0 Å². The molecule has 0 aliphatic rings. The van der Waals surface area contributed by atoms with Gasteiger partial charge in [-0.3, -0.25) is 0 Å². The summed E-state index contributed by atoms with van der Waals surface area (Å²) in [6.45, 7) is 3.91. The second kappa shape index (κ2) is 4.80. The molecular weight excluding hydrogens is 260 g/mol. The van der Waals surface area contributed by atoms with Crippen molar-refractivity contribution in [3.8, 4) is 0 Å². The molecule has 0 radical (unpaired) electrons. The Morgan fingerprint density at radius 2 is 2.12 bits per heavy atom. The molecule has 0 aliphatic carbocycles. The highest BCUT2D eigenvalue weighted by atomic mass is 35.5. The maximum atomic E-state index is 5.69. The van der Waals surface area contributed by atoms with Crippen LogP contribution in [0.5, 0.6) is 0 Å². The van der Waals surface area contributed by atoms with Gasteiger partial charge in [-0.25, -0.2) is 4.98 Å². The number of hydrogen-bond acceptors (Lipinski definition) is 7. The number of nitrogens with one attached hydrogen (secondary N) is 1. The average molecular weight is 271 g/mol. The number of rotatable bonds is 3. The van der Waals surface area contributed by atoms with Crippen LogP contribution in [0.2, 0.25) is 5.28 Å². The minimum atomic E-state index is -0.00781. The topological polar surface area (TPSA) is 89.6 Å². The van der Waals surface area contributed by atoms with Gasteiger partial charge in [0.05, 0.1) is 6.04 Å². The molecule has 0 bridgehead atoms. The molecule has 17 heavy (non-hydrogen) atoms. The van der Waals surface area contributed by atoms with Gasteiger partial charge in [-0.1, -0.05) is 0 Å². The zero-order valence-corrected chi connectivity index (χ0v) is 10.9. The number of aromatic nitrogens is 4. The first-order valence-corrected chi connectivity index (χ1v) is 6.16. The van der Waals surface area contributed by atoms with Crippen LogP contribution in [0.15, 0.2) is 5.38 Å². The number of halogens is 1. The molecule has 0 saturated carbocycles. The molecule has 0 aromatic carbocycles. The van der Waals surface area contributed by atoms with E-state index in [0.29, 0.717) is 5.95 Å². The van der Waals surface area contributed by atoms with Crippen LogP contribution in [0.3, 0.4) is 0 Å². The number of anilines is 2. The van der Waals surface area contributed by atoms with E-state index in [1.807, 2.05) is 19.2 Å². The normalized spacial score (nSPS) is 12.4. The van der Waals surface area contributed by atoms with E-state index in [0.717, 1.165) is 10.7 Å². The van der Waals surface area contributed by atoms with Crippen LogP contribution in [0.4, 0.5) is 11.9 Å². The van der Waals surface area contributed by atoms with Gasteiger partial charge in [0.15, 0.2) is 0 Å². The number of nitrogen functional groups attached to an aromatic ring is 1. The maximum absolute atomic E-state index is 5.69. The molecule has 8 heteroatoms. The lowest BCUT2D eigenvalue weighted by Gasteiger charge is -2.10. The fraction of sp³-hybridized carbons (Fsp3) is 0.333. The van der Waals surface area contributed by atoms with Crippen LogP contribution in [0.25, 0.3) is 0 Å². The molecule has 2 aromatic rings. The highest BCUT2D eigenvalue weighted by molar-refractivity contribution is 7.09. The van der Waals surface area contributed by atoms with Crippen molar-refractivity contribution in [3.63, 3.8) is 0 Å². The third-order valence-corrected chi connectivity index (χ3v) is 3.29. The van der Waals surface area contributed by atoms with Crippen molar-refractivity contribution in [2.75, 3.05) is 11.1 Å². The van der Waals surface area contributed by atoms with Crippen LogP contribution < -0.4 is 11.1 Å². The summed E-state index contributed by atoms with van der Waals surface area (Å²) < 4.78 is 0. The molecule has 3 N–H and O–H groups in total. The van der Waals surface area contributed by atoms with Crippen molar-refractivity contribution in [1.82, 2.24) is 19.9 Å². The number of nitrogens with two attached hydrogens (primary N) is 1. The summed E-state index contributed by atoms with van der Waals surface area (Å²) in [5.41, 5.74) is 6.47. The lowest BCUT2D eigenvalue weighted by atomic mass is 10.3. The highest BCUT2D eigenvalue weighted by Gasteiger charge is 2.11. The molecule has 0 saturated heterocycles. The van der Waals surface area contributed by atoms with Gasteiger partial charge < -0.3 is 11.1 Å². The van der Waals surface area contributed by atoms with Gasteiger partial charge in [0.2, 0.25) is 17.2 Å². The van der Waals surface area contributed by atoms with Gasteiger partial charge >= 0.3 is 0 Å². The molecule has 1 atom stereocenters. The summed E-state index contributed by atoms with van der Waals surface area (Å²) in [6.07, 6.45) is 0. The largest absolute Gasteiger partial charge is 0.368 e. The van der Waals surface area contributed by atoms with E-state index in [2.05, 4.69) is 25.3 Å². The zero-order chi connectivity index (χ0) is 12.4. The summed E-state index contributed by atoms with van der Waals surface area (Å²) in [7, 11) is 0. The van der Waals surface area contributed by atoms with E-state index in [-0.39, 0.29) is 17.3 Å². The Balaban J connectivity index is 2.15. The molecule has 6 nitrogen and oxygen atoms in total. The fourth-order valence-electron chi connectivity index (χ4n) is 1.26. The SMILES string of the molecule is Cc1csc(C(C)Nc2nc(N)nc(Cl)n2)n1. The summed E-state index contributed by atoms with van der Waals surface area (Å²) >= 11 is 7.26. The molecule has 1 unspecified atom stereocenters. The minimum absolute atomic E-state index is 0.00781. The molecule has 2 heterocycles. The Morgan fingerprint density at radius 1 is 1.35 bits per heavy atom. The van der Waals surface area contributed by atoms with Gasteiger partial charge in [0, 0.05) is 11.1 Å². The Bertz CT molecular complexity index is 508. The fourth-order valence-corrected chi connectivity index (χ4v) is 2.23. The lowest BCUT2D eigenvalue weighted by molar-refractivity contribution is 0.839. The molecule has 90 valence electrons. The molecule has 2 rings (SSSR count). The summed E-state index contributed by atoms with van der Waals surface area (Å²) in [6, 6.07) is -0.00781. The van der Waals surface area contributed by atoms with Crippen LogP contribution >= 0.6 is 22.9 Å². The molecule has 0 amide bonds. The molecule has 2 aromatic heterocycles. The van der Waals surface area contributed by atoms with Gasteiger partial charge in [-0.05, 0) is 25.4 Å². The highest BCUT2D eigenvalue weighted by Crippen LogP contribution is 2.21. The predicted octanol–water partition coefficient (Wildman–Crippen LogP) is 2.05. The van der Waals surface area contributed by atoms with E-state index < -0.39 is 0 Å². The number of nitrogens with zero attached hydrogens (tertiary/aromatic N) is 4.